The first-order valence-corrected chi connectivity index (χ1v) is 19.0. The summed E-state index contributed by atoms with van der Waals surface area (Å²) in [6.45, 7) is 2.65. The zero-order valence-corrected chi connectivity index (χ0v) is 32.0. The molecule has 44 heavy (non-hydrogen) atoms. The van der Waals surface area contributed by atoms with Crippen LogP contribution in [0.25, 0.3) is 0 Å². The van der Waals surface area contributed by atoms with Crippen LogP contribution in [-0.2, 0) is 16.7 Å². The van der Waals surface area contributed by atoms with Gasteiger partial charge < -0.3 is 14.8 Å². The molecule has 242 valence electrons. The molecule has 0 spiro atoms. The van der Waals surface area contributed by atoms with Crippen molar-refractivity contribution in [1.82, 2.24) is 0 Å². The van der Waals surface area contributed by atoms with Gasteiger partial charge in [0.25, 0.3) is 0 Å². The second-order valence-corrected chi connectivity index (χ2v) is 14.4. The van der Waals surface area contributed by atoms with E-state index in [1.165, 1.54) is 116 Å². The summed E-state index contributed by atoms with van der Waals surface area (Å²) in [7, 11) is -4.66. The zero-order chi connectivity index (χ0) is 30.6. The number of rotatable bonds is 25. The van der Waals surface area contributed by atoms with Crippen molar-refractivity contribution >= 4 is 21.5 Å². The van der Waals surface area contributed by atoms with Gasteiger partial charge in [-0.05, 0) is 24.1 Å². The van der Waals surface area contributed by atoms with Crippen molar-refractivity contribution in [1.29, 1.82) is 0 Å². The van der Waals surface area contributed by atoms with Gasteiger partial charge in [-0.1, -0.05) is 178 Å². The first-order valence-electron chi connectivity index (χ1n) is 17.6. The molecule has 0 amide bonds. The van der Waals surface area contributed by atoms with Crippen LogP contribution < -0.4 is 61.6 Å². The van der Waals surface area contributed by atoms with Gasteiger partial charge in [0.1, 0.15) is 10.1 Å². The Morgan fingerprint density at radius 2 is 1.02 bits per heavy atom. The number of hydrogen-bond acceptors (Lipinski definition) is 5. The minimum absolute atomic E-state index is 0. The summed E-state index contributed by atoms with van der Waals surface area (Å²) in [6, 6.07) is 17.3. The number of hydrogen-bond donors (Lipinski definition) is 1. The van der Waals surface area contributed by atoms with Crippen LogP contribution in [0.5, 0.6) is 0 Å². The number of fused-ring (bicyclic) bond motifs is 1. The van der Waals surface area contributed by atoms with Crippen molar-refractivity contribution in [2.75, 3.05) is 10.2 Å². The van der Waals surface area contributed by atoms with Gasteiger partial charge in [-0.3, -0.25) is 0 Å². The van der Waals surface area contributed by atoms with Gasteiger partial charge in [-0.2, -0.15) is 0 Å². The van der Waals surface area contributed by atoms with Crippen LogP contribution in [0.3, 0.4) is 0 Å². The molecule has 0 aliphatic carbocycles. The van der Waals surface area contributed by atoms with E-state index >= 15 is 0 Å². The van der Waals surface area contributed by atoms with E-state index in [4.69, 9.17) is 0 Å². The first kappa shape index (κ1) is 39.8. The molecule has 0 saturated carbocycles. The third-order valence-electron chi connectivity index (χ3n) is 9.18. The third-order valence-corrected chi connectivity index (χ3v) is 10.5. The van der Waals surface area contributed by atoms with E-state index in [9.17, 15) is 13.0 Å². The standard InChI is InChI=1S/C37H60N2O3S.K/c1-2-3-4-5-6-7-8-9-10-11-12-13-14-15-16-17-18-19-20-21-27-32-37(43(40,41)42)38-35-30-25-26-31-36(35)39(37)33-34-28-23-22-24-29-34;/h22-26,28-31,38H,2-21,27,32-33H2,1H3,(H,40,41,42);/q;+1/p-1. The summed E-state index contributed by atoms with van der Waals surface area (Å²) in [4.78, 5) is 0.122. The third kappa shape index (κ3) is 13.7. The molecule has 0 bridgehead atoms. The number of benzene rings is 2. The van der Waals surface area contributed by atoms with E-state index in [0.29, 0.717) is 18.7 Å². The molecule has 2 aromatic carbocycles. The fourth-order valence-corrected chi connectivity index (χ4v) is 7.64. The van der Waals surface area contributed by atoms with Crippen LogP contribution in [0.15, 0.2) is 54.6 Å². The summed E-state index contributed by atoms with van der Waals surface area (Å²) in [5.41, 5.74) is 2.46. The normalized spacial score (nSPS) is 16.0. The van der Waals surface area contributed by atoms with Crippen molar-refractivity contribution in [2.45, 2.75) is 160 Å². The second-order valence-electron chi connectivity index (χ2n) is 12.8. The largest absolute Gasteiger partial charge is 1.00 e. The van der Waals surface area contributed by atoms with Crippen molar-refractivity contribution in [3.8, 4) is 0 Å². The molecule has 1 heterocycles. The Kier molecular flexibility index (Phi) is 20.8. The Morgan fingerprint density at radius 1 is 0.614 bits per heavy atom. The van der Waals surface area contributed by atoms with Gasteiger partial charge in [-0.25, -0.2) is 8.42 Å². The number of nitrogens with zero attached hydrogens (tertiary/aromatic N) is 1. The maximum atomic E-state index is 12.8. The molecule has 0 fully saturated rings. The molecular weight excluding hydrogens is 592 g/mol. The number of unbranched alkanes of at least 4 members (excludes halogenated alkanes) is 20. The molecule has 2 aromatic rings. The van der Waals surface area contributed by atoms with Crippen LogP contribution in [0.4, 0.5) is 11.4 Å². The Bertz CT molecular complexity index is 1110. The number of para-hydroxylation sites is 2. The Morgan fingerprint density at radius 3 is 1.48 bits per heavy atom. The molecule has 1 aliphatic heterocycles. The average molecular weight is 651 g/mol. The van der Waals surface area contributed by atoms with E-state index < -0.39 is 15.1 Å². The first-order chi connectivity index (χ1) is 21.0. The molecule has 1 N–H and O–H groups in total. The van der Waals surface area contributed by atoms with Crippen LogP contribution in [0, 0.1) is 0 Å². The summed E-state index contributed by atoms with van der Waals surface area (Å²) in [5.74, 6) is 0. The topological polar surface area (TPSA) is 72.5 Å². The molecule has 1 unspecified atom stereocenters. The van der Waals surface area contributed by atoms with Crippen molar-refractivity contribution in [2.24, 2.45) is 0 Å². The van der Waals surface area contributed by atoms with Gasteiger partial charge in [0.2, 0.25) is 4.99 Å². The van der Waals surface area contributed by atoms with Crippen molar-refractivity contribution in [3.63, 3.8) is 0 Å². The fraction of sp³-hybridized carbons (Fsp3) is 0.676. The Labute approximate surface area is 312 Å². The molecule has 3 rings (SSSR count). The zero-order valence-electron chi connectivity index (χ0n) is 28.0. The van der Waals surface area contributed by atoms with Gasteiger partial charge in [0.15, 0.2) is 0 Å². The molecule has 5 nitrogen and oxygen atoms in total. The minimum Gasteiger partial charge on any atom is -0.745 e. The Hall–Kier alpha value is -0.414. The maximum Gasteiger partial charge on any atom is 1.00 e. The quantitative estimate of drug-likeness (QED) is 0.0672. The van der Waals surface area contributed by atoms with Crippen LogP contribution in [0.1, 0.15) is 154 Å². The molecule has 7 heteroatoms. The molecule has 1 atom stereocenters. The van der Waals surface area contributed by atoms with E-state index in [1.54, 1.807) is 4.90 Å². The molecule has 0 aromatic heterocycles. The van der Waals surface area contributed by atoms with Crippen molar-refractivity contribution in [3.05, 3.63) is 60.2 Å². The number of nitrogens with one attached hydrogen (secondary N) is 1. The fourth-order valence-electron chi connectivity index (χ4n) is 6.58. The average Bonchev–Trinajstić information content (AvgIpc) is 3.32. The molecular formula is C37H59KN2O3S. The Balaban J connectivity index is 0.00000675. The maximum absolute atomic E-state index is 12.8. The monoisotopic (exact) mass is 650 g/mol. The van der Waals surface area contributed by atoms with E-state index in [2.05, 4.69) is 12.2 Å². The van der Waals surface area contributed by atoms with E-state index in [1.807, 2.05) is 54.6 Å². The minimum atomic E-state index is -4.66. The molecule has 1 aliphatic rings. The summed E-state index contributed by atoms with van der Waals surface area (Å²) in [6.07, 6.45) is 27.7. The van der Waals surface area contributed by atoms with Gasteiger partial charge in [0, 0.05) is 13.0 Å². The van der Waals surface area contributed by atoms with Crippen LogP contribution in [0.2, 0.25) is 0 Å². The van der Waals surface area contributed by atoms with Crippen LogP contribution in [-0.4, -0.2) is 18.0 Å². The van der Waals surface area contributed by atoms with E-state index in [0.717, 1.165) is 24.1 Å². The molecule has 0 saturated heterocycles. The summed E-state index contributed by atoms with van der Waals surface area (Å²) < 4.78 is 38.4. The van der Waals surface area contributed by atoms with Gasteiger partial charge in [0.05, 0.1) is 11.4 Å². The van der Waals surface area contributed by atoms with Crippen molar-refractivity contribution < 1.29 is 64.4 Å². The second kappa shape index (κ2) is 23.0. The predicted molar refractivity (Wildman–Crippen MR) is 182 cm³/mol. The summed E-state index contributed by atoms with van der Waals surface area (Å²) >= 11 is 0. The van der Waals surface area contributed by atoms with Gasteiger partial charge in [-0.15, -0.1) is 0 Å². The van der Waals surface area contributed by atoms with Crippen LogP contribution >= 0.6 is 0 Å². The predicted octanol–water partition coefficient (Wildman–Crippen LogP) is 7.92. The summed E-state index contributed by atoms with van der Waals surface area (Å²) in [5, 5.41) is 3.15. The van der Waals surface area contributed by atoms with E-state index in [-0.39, 0.29) is 57.8 Å². The number of anilines is 2. The molecule has 0 radical (unpaired) electrons. The SMILES string of the molecule is CCCCCCCCCCCCCCCCCCCCCCCC1(S(=O)(=O)[O-])Nc2ccccc2N1Cc1ccccc1.[K+]. The smallest absolute Gasteiger partial charge is 0.745 e. The van der Waals surface area contributed by atoms with Gasteiger partial charge >= 0.3 is 51.4 Å².